The summed E-state index contributed by atoms with van der Waals surface area (Å²) in [6.07, 6.45) is 2.78. The molecule has 0 saturated carbocycles. The molecule has 2 aliphatic heterocycles. The summed E-state index contributed by atoms with van der Waals surface area (Å²) >= 11 is 0. The summed E-state index contributed by atoms with van der Waals surface area (Å²) < 4.78 is 9.80. The number of hydrogen-bond donors (Lipinski definition) is 3. The van der Waals surface area contributed by atoms with Crippen LogP contribution in [-0.4, -0.2) is 87.3 Å². The largest absolute Gasteiger partial charge is 0.466 e. The molecular weight excluding hydrogens is 490 g/mol. The van der Waals surface area contributed by atoms with E-state index in [2.05, 4.69) is 33.0 Å². The number of nitrogens with one attached hydrogen (secondary N) is 3. The first-order valence-corrected chi connectivity index (χ1v) is 13.0. The summed E-state index contributed by atoms with van der Waals surface area (Å²) in [5.74, 6) is -0.224. The van der Waals surface area contributed by atoms with Crippen molar-refractivity contribution in [2.75, 3.05) is 58.9 Å². The van der Waals surface area contributed by atoms with Gasteiger partial charge in [-0.3, -0.25) is 4.79 Å². The van der Waals surface area contributed by atoms with E-state index in [1.54, 1.807) is 0 Å². The molecular formula is C27H39N5O6. The lowest BCUT2D eigenvalue weighted by Crippen LogP contribution is -2.54. The molecule has 1 fully saturated rings. The van der Waals surface area contributed by atoms with Crippen LogP contribution < -0.4 is 16.0 Å². The number of carbonyl (C=O) groups is 4. The number of carbonyl (C=O) groups excluding carboxylic acids is 4. The Morgan fingerprint density at radius 1 is 1.16 bits per heavy atom. The van der Waals surface area contributed by atoms with Gasteiger partial charge in [0.25, 0.3) is 0 Å². The first kappa shape index (κ1) is 29.1. The van der Waals surface area contributed by atoms with Crippen LogP contribution in [0.1, 0.15) is 44.6 Å². The molecule has 11 heteroatoms. The number of urea groups is 2. The molecule has 5 amide bonds. The van der Waals surface area contributed by atoms with Crippen molar-refractivity contribution in [3.05, 3.63) is 41.1 Å². The summed E-state index contributed by atoms with van der Waals surface area (Å²) in [6.45, 7) is 6.74. The third kappa shape index (κ3) is 7.78. The predicted molar refractivity (Wildman–Crippen MR) is 142 cm³/mol. The lowest BCUT2D eigenvalue weighted by Gasteiger charge is -2.32. The van der Waals surface area contributed by atoms with Gasteiger partial charge in [0.2, 0.25) is 5.91 Å². The first-order valence-electron chi connectivity index (χ1n) is 13.0. The molecule has 0 aromatic heterocycles. The Hall–Kier alpha value is -3.44. The Labute approximate surface area is 223 Å². The summed E-state index contributed by atoms with van der Waals surface area (Å²) in [4.78, 5) is 52.4. The van der Waals surface area contributed by atoms with Crippen molar-refractivity contribution in [2.24, 2.45) is 5.92 Å². The molecule has 0 spiro atoms. The maximum atomic E-state index is 12.6. The number of hydrogen-bond acceptors (Lipinski definition) is 7. The zero-order valence-corrected chi connectivity index (χ0v) is 22.7. The number of benzene rings is 1. The van der Waals surface area contributed by atoms with Gasteiger partial charge in [-0.1, -0.05) is 26.0 Å². The number of ether oxygens (including phenoxy) is 2. The van der Waals surface area contributed by atoms with Crippen molar-refractivity contribution in [3.8, 4) is 0 Å². The molecule has 11 nitrogen and oxygen atoms in total. The standard InChI is InChI=1S/C27H39N5O6/c1-18(2)24(33)29-21-8-5-7-20(15-21)19-9-13-31(14-10-19)12-6-11-28-26(35)32-16-22(25(34)38-4)23(17-37-3)30-27(32)36/h5,7-8,15,18-19H,6,9-14,16-17H2,1-4H3,(H,28,35)(H,29,33)(H,30,36). The Balaban J connectivity index is 1.41. The summed E-state index contributed by atoms with van der Waals surface area (Å²) in [5, 5.41) is 8.29. The van der Waals surface area contributed by atoms with Gasteiger partial charge in [0.1, 0.15) is 0 Å². The fraction of sp³-hybridized carbons (Fsp3) is 0.556. The smallest absolute Gasteiger partial charge is 0.337 e. The van der Waals surface area contributed by atoms with Crippen LogP contribution in [0.5, 0.6) is 0 Å². The number of anilines is 1. The molecule has 208 valence electrons. The molecule has 0 atom stereocenters. The Bertz CT molecular complexity index is 1050. The topological polar surface area (TPSA) is 129 Å². The quantitative estimate of drug-likeness (QED) is 0.314. The second-order valence-corrected chi connectivity index (χ2v) is 9.87. The van der Waals surface area contributed by atoms with E-state index in [0.29, 0.717) is 18.2 Å². The first-order chi connectivity index (χ1) is 18.2. The molecule has 0 radical (unpaired) electrons. The van der Waals surface area contributed by atoms with Gasteiger partial charge in [-0.15, -0.1) is 0 Å². The minimum atomic E-state index is -0.620. The fourth-order valence-corrected chi connectivity index (χ4v) is 4.58. The van der Waals surface area contributed by atoms with Crippen LogP contribution in [0.2, 0.25) is 0 Å². The second kappa shape index (κ2) is 13.9. The third-order valence-corrected chi connectivity index (χ3v) is 6.81. The number of piperidine rings is 1. The summed E-state index contributed by atoms with van der Waals surface area (Å²) in [7, 11) is 2.69. The van der Waals surface area contributed by atoms with Gasteiger partial charge in [0, 0.05) is 25.3 Å². The Morgan fingerprint density at radius 2 is 1.89 bits per heavy atom. The van der Waals surface area contributed by atoms with Gasteiger partial charge in [0.05, 0.1) is 31.5 Å². The maximum Gasteiger partial charge on any atom is 0.337 e. The van der Waals surface area contributed by atoms with Gasteiger partial charge in [-0.05, 0) is 62.5 Å². The predicted octanol–water partition coefficient (Wildman–Crippen LogP) is 2.66. The number of esters is 1. The fourth-order valence-electron chi connectivity index (χ4n) is 4.58. The van der Waals surface area contributed by atoms with Crippen LogP contribution in [0.25, 0.3) is 0 Å². The monoisotopic (exact) mass is 529 g/mol. The van der Waals surface area contributed by atoms with Gasteiger partial charge in [-0.25, -0.2) is 19.3 Å². The zero-order valence-electron chi connectivity index (χ0n) is 22.7. The van der Waals surface area contributed by atoms with Crippen molar-refractivity contribution in [1.29, 1.82) is 0 Å². The van der Waals surface area contributed by atoms with Crippen LogP contribution >= 0.6 is 0 Å². The molecule has 1 saturated heterocycles. The second-order valence-electron chi connectivity index (χ2n) is 9.87. The van der Waals surface area contributed by atoms with Crippen LogP contribution in [0.4, 0.5) is 15.3 Å². The van der Waals surface area contributed by atoms with Crippen LogP contribution in [-0.2, 0) is 19.1 Å². The SMILES string of the molecule is COCC1=C(C(=O)OC)CN(C(=O)NCCCN2CCC(c3cccc(NC(=O)C(C)C)c3)CC2)C(=O)N1. The van der Waals surface area contributed by atoms with Gasteiger partial charge in [-0.2, -0.15) is 0 Å². The van der Waals surface area contributed by atoms with Gasteiger partial charge >= 0.3 is 18.0 Å². The average Bonchev–Trinajstić information content (AvgIpc) is 2.91. The highest BCUT2D eigenvalue weighted by atomic mass is 16.5. The van der Waals surface area contributed by atoms with E-state index >= 15 is 0 Å². The Kier molecular flexibility index (Phi) is 10.7. The minimum absolute atomic E-state index is 0.0150. The molecule has 3 rings (SSSR count). The number of amides is 5. The normalized spacial score (nSPS) is 16.9. The molecule has 38 heavy (non-hydrogen) atoms. The maximum absolute atomic E-state index is 12.6. The summed E-state index contributed by atoms with van der Waals surface area (Å²) in [5.41, 5.74) is 2.56. The van der Waals surface area contributed by atoms with Crippen molar-refractivity contribution >= 4 is 29.6 Å². The molecule has 3 N–H and O–H groups in total. The molecule has 0 unspecified atom stereocenters. The number of likely N-dealkylation sites (tertiary alicyclic amines) is 1. The van der Waals surface area contributed by atoms with Gasteiger partial charge in [0.15, 0.2) is 0 Å². The lowest BCUT2D eigenvalue weighted by atomic mass is 9.89. The molecule has 2 aliphatic rings. The highest BCUT2D eigenvalue weighted by molar-refractivity contribution is 6.00. The number of rotatable bonds is 10. The molecule has 1 aromatic rings. The highest BCUT2D eigenvalue weighted by Gasteiger charge is 2.33. The van der Waals surface area contributed by atoms with Crippen molar-refractivity contribution in [1.82, 2.24) is 20.4 Å². The number of methoxy groups -OCH3 is 2. The van der Waals surface area contributed by atoms with E-state index in [-0.39, 0.29) is 30.5 Å². The van der Waals surface area contributed by atoms with Crippen molar-refractivity contribution < 1.29 is 28.7 Å². The zero-order chi connectivity index (χ0) is 27.7. The number of imide groups is 1. The van der Waals surface area contributed by atoms with Crippen LogP contribution in [0.3, 0.4) is 0 Å². The van der Waals surface area contributed by atoms with Crippen molar-refractivity contribution in [3.63, 3.8) is 0 Å². The van der Waals surface area contributed by atoms with E-state index in [1.807, 2.05) is 26.0 Å². The molecule has 2 heterocycles. The summed E-state index contributed by atoms with van der Waals surface area (Å²) in [6, 6.07) is 6.93. The van der Waals surface area contributed by atoms with E-state index in [4.69, 9.17) is 9.47 Å². The van der Waals surface area contributed by atoms with E-state index in [1.165, 1.54) is 19.8 Å². The third-order valence-electron chi connectivity index (χ3n) is 6.81. The van der Waals surface area contributed by atoms with E-state index in [9.17, 15) is 19.2 Å². The number of nitrogens with zero attached hydrogens (tertiary/aromatic N) is 2. The van der Waals surface area contributed by atoms with Gasteiger partial charge < -0.3 is 30.3 Å². The minimum Gasteiger partial charge on any atom is -0.466 e. The lowest BCUT2D eigenvalue weighted by molar-refractivity contribution is -0.136. The van der Waals surface area contributed by atoms with Crippen LogP contribution in [0, 0.1) is 5.92 Å². The molecule has 0 bridgehead atoms. The molecule has 0 aliphatic carbocycles. The van der Waals surface area contributed by atoms with Crippen molar-refractivity contribution in [2.45, 2.75) is 39.0 Å². The van der Waals surface area contributed by atoms with Crippen LogP contribution in [0.15, 0.2) is 35.5 Å². The molecule has 1 aromatic carbocycles. The average molecular weight is 530 g/mol. The van der Waals surface area contributed by atoms with E-state index < -0.39 is 18.0 Å². The highest BCUT2D eigenvalue weighted by Crippen LogP contribution is 2.29. The Morgan fingerprint density at radius 3 is 2.55 bits per heavy atom. The van der Waals surface area contributed by atoms with E-state index in [0.717, 1.165) is 49.5 Å².